The van der Waals surface area contributed by atoms with Crippen LogP contribution in [-0.4, -0.2) is 48.9 Å². The molecular weight excluding hydrogens is 464 g/mol. The Bertz CT molecular complexity index is 1270. The molecule has 6 heteroatoms. The largest absolute Gasteiger partial charge is 0.507 e. The van der Waals surface area contributed by atoms with Crippen LogP contribution in [0.2, 0.25) is 0 Å². The predicted octanol–water partition coefficient (Wildman–Crippen LogP) is 5.60. The van der Waals surface area contributed by atoms with Gasteiger partial charge < -0.3 is 19.6 Å². The summed E-state index contributed by atoms with van der Waals surface area (Å²) in [6.07, 6.45) is 2.53. The smallest absolute Gasteiger partial charge is 0.295 e. The van der Waals surface area contributed by atoms with E-state index in [9.17, 15) is 14.7 Å². The standard InChI is InChI=1S/C31H34N2O4/c1-4-5-20-37-26-13-9-12-24(21-26)29(34)27-28(23-14-16-25(17-15-23)32(2)3)33(31(36)30(27)35)19-18-22-10-7-6-8-11-22/h6-17,21,28,34H,4-5,18-20H2,1-3H3. The number of amides is 1. The van der Waals surface area contributed by atoms with Gasteiger partial charge in [-0.1, -0.05) is 67.9 Å². The Balaban J connectivity index is 1.74. The Hall–Kier alpha value is -4.06. The number of carbonyl (C=O) groups excluding carboxylic acids is 2. The predicted molar refractivity (Wildman–Crippen MR) is 147 cm³/mol. The Kier molecular flexibility index (Phi) is 8.29. The average molecular weight is 499 g/mol. The highest BCUT2D eigenvalue weighted by molar-refractivity contribution is 6.46. The maximum Gasteiger partial charge on any atom is 0.295 e. The molecule has 1 aliphatic heterocycles. The van der Waals surface area contributed by atoms with Gasteiger partial charge in [-0.2, -0.15) is 0 Å². The number of hydrogen-bond donors (Lipinski definition) is 1. The number of Topliss-reactive ketones (excluding diaryl/α,β-unsaturated/α-hetero) is 1. The van der Waals surface area contributed by atoms with Crippen molar-refractivity contribution >= 4 is 23.1 Å². The van der Waals surface area contributed by atoms with E-state index in [2.05, 4.69) is 6.92 Å². The highest BCUT2D eigenvalue weighted by Crippen LogP contribution is 2.40. The molecule has 0 spiro atoms. The number of aliphatic hydroxyl groups is 1. The molecule has 37 heavy (non-hydrogen) atoms. The molecule has 1 saturated heterocycles. The Morgan fingerprint density at radius 3 is 2.38 bits per heavy atom. The summed E-state index contributed by atoms with van der Waals surface area (Å²) in [4.78, 5) is 30.2. The minimum atomic E-state index is -0.690. The van der Waals surface area contributed by atoms with E-state index in [4.69, 9.17) is 4.74 Å². The van der Waals surface area contributed by atoms with Crippen molar-refractivity contribution in [2.75, 3.05) is 32.1 Å². The van der Waals surface area contributed by atoms with Crippen molar-refractivity contribution < 1.29 is 19.4 Å². The number of anilines is 1. The number of aliphatic hydroxyl groups excluding tert-OH is 1. The zero-order chi connectivity index (χ0) is 26.4. The fourth-order valence-electron chi connectivity index (χ4n) is 4.53. The van der Waals surface area contributed by atoms with Gasteiger partial charge in [-0.15, -0.1) is 0 Å². The second-order valence-electron chi connectivity index (χ2n) is 9.44. The number of nitrogens with zero attached hydrogens (tertiary/aromatic N) is 2. The lowest BCUT2D eigenvalue weighted by Gasteiger charge is -2.26. The molecule has 6 nitrogen and oxygen atoms in total. The lowest BCUT2D eigenvalue weighted by molar-refractivity contribution is -0.139. The number of ketones is 1. The third-order valence-electron chi connectivity index (χ3n) is 6.62. The lowest BCUT2D eigenvalue weighted by Crippen LogP contribution is -2.31. The molecule has 3 aromatic carbocycles. The minimum absolute atomic E-state index is 0.0985. The van der Waals surface area contributed by atoms with Crippen molar-refractivity contribution in [3.8, 4) is 5.75 Å². The maximum atomic E-state index is 13.3. The molecule has 1 amide bonds. The molecule has 1 fully saturated rings. The van der Waals surface area contributed by atoms with Gasteiger partial charge in [-0.05, 0) is 48.2 Å². The van der Waals surface area contributed by atoms with Gasteiger partial charge in [0.1, 0.15) is 11.5 Å². The summed E-state index contributed by atoms with van der Waals surface area (Å²) in [6.45, 7) is 3.02. The highest BCUT2D eigenvalue weighted by Gasteiger charge is 2.45. The van der Waals surface area contributed by atoms with Crippen LogP contribution in [0.1, 0.15) is 42.5 Å². The molecule has 1 heterocycles. The first-order valence-corrected chi connectivity index (χ1v) is 12.7. The van der Waals surface area contributed by atoms with E-state index < -0.39 is 17.7 Å². The quantitative estimate of drug-likeness (QED) is 0.171. The van der Waals surface area contributed by atoms with Crippen molar-refractivity contribution in [1.29, 1.82) is 0 Å². The van der Waals surface area contributed by atoms with Gasteiger partial charge in [-0.3, -0.25) is 9.59 Å². The zero-order valence-electron chi connectivity index (χ0n) is 21.7. The minimum Gasteiger partial charge on any atom is -0.507 e. The van der Waals surface area contributed by atoms with E-state index >= 15 is 0 Å². The van der Waals surface area contributed by atoms with Crippen LogP contribution in [0.25, 0.3) is 5.76 Å². The van der Waals surface area contributed by atoms with Gasteiger partial charge in [0.05, 0.1) is 18.2 Å². The molecule has 0 saturated carbocycles. The molecule has 4 rings (SSSR count). The third kappa shape index (κ3) is 5.85. The molecule has 0 aliphatic carbocycles. The zero-order valence-corrected chi connectivity index (χ0v) is 21.7. The molecule has 1 N–H and O–H groups in total. The van der Waals surface area contributed by atoms with Gasteiger partial charge in [0, 0.05) is 31.9 Å². The van der Waals surface area contributed by atoms with Crippen LogP contribution >= 0.6 is 0 Å². The van der Waals surface area contributed by atoms with Gasteiger partial charge >= 0.3 is 0 Å². The fourth-order valence-corrected chi connectivity index (χ4v) is 4.53. The Morgan fingerprint density at radius 2 is 1.70 bits per heavy atom. The maximum absolute atomic E-state index is 13.3. The van der Waals surface area contributed by atoms with Crippen molar-refractivity contribution in [2.45, 2.75) is 32.2 Å². The van der Waals surface area contributed by atoms with E-state index in [0.29, 0.717) is 30.9 Å². The van der Waals surface area contributed by atoms with Crippen LogP contribution in [0.15, 0.2) is 84.4 Å². The molecule has 1 atom stereocenters. The van der Waals surface area contributed by atoms with Crippen molar-refractivity contribution in [1.82, 2.24) is 4.90 Å². The third-order valence-corrected chi connectivity index (χ3v) is 6.62. The molecule has 192 valence electrons. The summed E-state index contributed by atoms with van der Waals surface area (Å²) < 4.78 is 5.80. The summed E-state index contributed by atoms with van der Waals surface area (Å²) in [5.74, 6) is -0.857. The van der Waals surface area contributed by atoms with Crippen LogP contribution in [-0.2, 0) is 16.0 Å². The van der Waals surface area contributed by atoms with Crippen LogP contribution in [0.5, 0.6) is 5.75 Å². The summed E-state index contributed by atoms with van der Waals surface area (Å²) >= 11 is 0. The summed E-state index contributed by atoms with van der Waals surface area (Å²) in [5.41, 5.74) is 3.39. The van der Waals surface area contributed by atoms with Crippen LogP contribution in [0.3, 0.4) is 0 Å². The summed E-state index contributed by atoms with van der Waals surface area (Å²) in [6, 6.07) is 24.0. The number of ether oxygens (including phenoxy) is 1. The summed E-state index contributed by atoms with van der Waals surface area (Å²) in [7, 11) is 3.91. The first kappa shape index (κ1) is 26.0. The first-order valence-electron chi connectivity index (χ1n) is 12.7. The van der Waals surface area contributed by atoms with E-state index in [1.165, 1.54) is 0 Å². The highest BCUT2D eigenvalue weighted by atomic mass is 16.5. The number of carbonyl (C=O) groups is 2. The first-order chi connectivity index (χ1) is 17.9. The summed E-state index contributed by atoms with van der Waals surface area (Å²) in [5, 5.41) is 11.4. The Morgan fingerprint density at radius 1 is 0.973 bits per heavy atom. The second kappa shape index (κ2) is 11.8. The molecule has 0 aromatic heterocycles. The monoisotopic (exact) mass is 498 g/mol. The molecule has 1 aliphatic rings. The van der Waals surface area contributed by atoms with Gasteiger partial charge in [0.15, 0.2) is 0 Å². The average Bonchev–Trinajstić information content (AvgIpc) is 3.17. The van der Waals surface area contributed by atoms with E-state index in [1.54, 1.807) is 23.1 Å². The number of likely N-dealkylation sites (tertiary alicyclic amines) is 1. The van der Waals surface area contributed by atoms with E-state index in [1.807, 2.05) is 79.7 Å². The number of unbranched alkanes of at least 4 members (excludes halogenated alkanes) is 1. The van der Waals surface area contributed by atoms with Crippen molar-refractivity contribution in [3.63, 3.8) is 0 Å². The van der Waals surface area contributed by atoms with E-state index in [0.717, 1.165) is 29.7 Å². The lowest BCUT2D eigenvalue weighted by atomic mass is 9.95. The molecule has 1 unspecified atom stereocenters. The molecule has 3 aromatic rings. The van der Waals surface area contributed by atoms with Gasteiger partial charge in [0.25, 0.3) is 11.7 Å². The van der Waals surface area contributed by atoms with Gasteiger partial charge in [0.2, 0.25) is 0 Å². The number of rotatable bonds is 10. The van der Waals surface area contributed by atoms with E-state index in [-0.39, 0.29) is 11.3 Å². The van der Waals surface area contributed by atoms with Gasteiger partial charge in [-0.25, -0.2) is 0 Å². The molecule has 0 radical (unpaired) electrons. The number of hydrogen-bond acceptors (Lipinski definition) is 5. The molecular formula is C31H34N2O4. The van der Waals surface area contributed by atoms with Crippen molar-refractivity contribution in [3.05, 3.63) is 101 Å². The normalized spacial score (nSPS) is 16.7. The second-order valence-corrected chi connectivity index (χ2v) is 9.44. The Labute approximate surface area is 218 Å². The van der Waals surface area contributed by atoms with Crippen LogP contribution in [0, 0.1) is 0 Å². The van der Waals surface area contributed by atoms with Crippen molar-refractivity contribution in [2.24, 2.45) is 0 Å². The SMILES string of the molecule is CCCCOc1cccc(C(O)=C2C(=O)C(=O)N(CCc3ccccc3)C2c2ccc(N(C)C)cc2)c1. The van der Waals surface area contributed by atoms with Crippen LogP contribution < -0.4 is 9.64 Å². The molecule has 0 bridgehead atoms. The number of benzene rings is 3. The fraction of sp³-hybridized carbons (Fsp3) is 0.290. The van der Waals surface area contributed by atoms with Crippen LogP contribution in [0.4, 0.5) is 5.69 Å². The topological polar surface area (TPSA) is 70.1 Å².